The summed E-state index contributed by atoms with van der Waals surface area (Å²) in [6.45, 7) is 3.24. The first-order valence-electron chi connectivity index (χ1n) is 7.32. The normalized spacial score (nSPS) is 14.7. The number of nitrogens with zero attached hydrogens (tertiary/aromatic N) is 1. The molecule has 0 radical (unpaired) electrons. The Morgan fingerprint density at radius 1 is 1.20 bits per heavy atom. The predicted molar refractivity (Wildman–Crippen MR) is 85.5 cm³/mol. The second-order valence-electron chi connectivity index (χ2n) is 5.45. The maximum Gasteiger partial charge on any atom is 0.0737 e. The first-order valence-corrected chi connectivity index (χ1v) is 7.69. The number of halogens is 1. The fourth-order valence-electron chi connectivity index (χ4n) is 2.34. The van der Waals surface area contributed by atoms with Crippen molar-refractivity contribution in [1.29, 1.82) is 0 Å². The Labute approximate surface area is 124 Å². The largest absolute Gasteiger partial charge is 0.384 e. The monoisotopic (exact) mass is 289 g/mol. The third-order valence-electron chi connectivity index (χ3n) is 3.68. The highest BCUT2D eigenvalue weighted by Crippen LogP contribution is 2.27. The molecule has 1 aliphatic rings. The Bertz CT molecular complexity index is 581. The first-order chi connectivity index (χ1) is 9.83. The molecule has 0 atom stereocenters. The molecule has 3 rings (SSSR count). The Hall–Kier alpha value is -1.32. The minimum absolute atomic E-state index is 0.728. The summed E-state index contributed by atoms with van der Waals surface area (Å²) in [7, 11) is 0. The van der Waals surface area contributed by atoms with Crippen LogP contribution < -0.4 is 10.6 Å². The Morgan fingerprint density at radius 3 is 2.95 bits per heavy atom. The zero-order chi connectivity index (χ0) is 13.8. The Kier molecular flexibility index (Phi) is 4.38. The van der Waals surface area contributed by atoms with Gasteiger partial charge in [0, 0.05) is 28.8 Å². The number of pyridine rings is 1. The molecular formula is C16H20ClN3. The van der Waals surface area contributed by atoms with Gasteiger partial charge in [-0.3, -0.25) is 4.98 Å². The highest BCUT2D eigenvalue weighted by Gasteiger charge is 2.19. The average molecular weight is 290 g/mol. The van der Waals surface area contributed by atoms with Crippen molar-refractivity contribution in [3.8, 4) is 0 Å². The topological polar surface area (TPSA) is 37.0 Å². The molecule has 0 amide bonds. The molecule has 2 N–H and O–H groups in total. The molecule has 1 fully saturated rings. The van der Waals surface area contributed by atoms with Gasteiger partial charge in [0.2, 0.25) is 0 Å². The highest BCUT2D eigenvalue weighted by molar-refractivity contribution is 6.31. The van der Waals surface area contributed by atoms with E-state index in [9.17, 15) is 0 Å². The number of hydrogen-bond acceptors (Lipinski definition) is 3. The fraction of sp³-hybridized carbons (Fsp3) is 0.438. The van der Waals surface area contributed by atoms with E-state index in [1.807, 2.05) is 30.5 Å². The van der Waals surface area contributed by atoms with Crippen molar-refractivity contribution in [1.82, 2.24) is 10.3 Å². The number of aromatic nitrogens is 1. The number of anilines is 1. The van der Waals surface area contributed by atoms with Gasteiger partial charge in [-0.15, -0.1) is 0 Å². The van der Waals surface area contributed by atoms with E-state index in [0.29, 0.717) is 0 Å². The lowest BCUT2D eigenvalue weighted by molar-refractivity contribution is 0.622. The summed E-state index contributed by atoms with van der Waals surface area (Å²) in [5.41, 5.74) is 2.07. The fourth-order valence-corrected chi connectivity index (χ4v) is 2.51. The first kappa shape index (κ1) is 13.7. The van der Waals surface area contributed by atoms with Crippen LogP contribution in [0.4, 0.5) is 5.69 Å². The zero-order valence-electron chi connectivity index (χ0n) is 11.5. The summed E-state index contributed by atoms with van der Waals surface area (Å²) in [5.74, 6) is 0.955. The van der Waals surface area contributed by atoms with Gasteiger partial charge in [-0.25, -0.2) is 0 Å². The van der Waals surface area contributed by atoms with Gasteiger partial charge >= 0.3 is 0 Å². The number of fused-ring (bicyclic) bond motifs is 1. The standard InChI is InChI=1S/C16H20ClN3/c17-13-4-5-14-15(6-9-20-16(14)10-13)19-8-1-7-18-11-12-2-3-12/h4-6,9-10,12,18H,1-3,7-8,11H2,(H,19,20). The van der Waals surface area contributed by atoms with Gasteiger partial charge in [0.05, 0.1) is 5.52 Å². The number of nitrogens with one attached hydrogen (secondary N) is 2. The summed E-state index contributed by atoms with van der Waals surface area (Å²) in [4.78, 5) is 4.35. The van der Waals surface area contributed by atoms with Crippen LogP contribution in [-0.2, 0) is 0 Å². The SMILES string of the molecule is Clc1ccc2c(NCCCNCC3CC3)ccnc2c1. The molecule has 3 nitrogen and oxygen atoms in total. The van der Waals surface area contributed by atoms with Crippen LogP contribution in [0.1, 0.15) is 19.3 Å². The second-order valence-corrected chi connectivity index (χ2v) is 5.88. The molecule has 0 saturated heterocycles. The molecule has 0 unspecified atom stereocenters. The average Bonchev–Trinajstić information content (AvgIpc) is 3.26. The van der Waals surface area contributed by atoms with Crippen LogP contribution in [0.2, 0.25) is 5.02 Å². The van der Waals surface area contributed by atoms with Crippen molar-refractivity contribution in [2.45, 2.75) is 19.3 Å². The minimum atomic E-state index is 0.728. The number of hydrogen-bond donors (Lipinski definition) is 2. The molecule has 0 aliphatic heterocycles. The maximum absolute atomic E-state index is 5.99. The third-order valence-corrected chi connectivity index (χ3v) is 3.92. The molecule has 1 heterocycles. The molecule has 0 spiro atoms. The molecule has 1 aromatic carbocycles. The van der Waals surface area contributed by atoms with Crippen LogP contribution >= 0.6 is 11.6 Å². The lowest BCUT2D eigenvalue weighted by Crippen LogP contribution is -2.20. The van der Waals surface area contributed by atoms with E-state index in [1.54, 1.807) is 0 Å². The predicted octanol–water partition coefficient (Wildman–Crippen LogP) is 3.69. The van der Waals surface area contributed by atoms with Gasteiger partial charge in [-0.2, -0.15) is 0 Å². The van der Waals surface area contributed by atoms with Gasteiger partial charge < -0.3 is 10.6 Å². The van der Waals surface area contributed by atoms with E-state index in [4.69, 9.17) is 11.6 Å². The maximum atomic E-state index is 5.99. The van der Waals surface area contributed by atoms with Gasteiger partial charge in [0.1, 0.15) is 0 Å². The lowest BCUT2D eigenvalue weighted by Gasteiger charge is -2.10. The van der Waals surface area contributed by atoms with E-state index in [-0.39, 0.29) is 0 Å². The van der Waals surface area contributed by atoms with Crippen molar-refractivity contribution in [3.63, 3.8) is 0 Å². The van der Waals surface area contributed by atoms with Gasteiger partial charge in [0.25, 0.3) is 0 Å². The summed E-state index contributed by atoms with van der Waals surface area (Å²) >= 11 is 5.99. The molecule has 106 valence electrons. The summed E-state index contributed by atoms with van der Waals surface area (Å²) in [5, 5.41) is 8.85. The van der Waals surface area contributed by atoms with Crippen LogP contribution in [0.5, 0.6) is 0 Å². The molecular weight excluding hydrogens is 270 g/mol. The van der Waals surface area contributed by atoms with Crippen molar-refractivity contribution in [2.75, 3.05) is 25.0 Å². The van der Waals surface area contributed by atoms with Gasteiger partial charge in [-0.05, 0) is 62.5 Å². The van der Waals surface area contributed by atoms with Crippen molar-refractivity contribution in [2.24, 2.45) is 5.92 Å². The van der Waals surface area contributed by atoms with Crippen molar-refractivity contribution >= 4 is 28.2 Å². The van der Waals surface area contributed by atoms with Gasteiger partial charge in [-0.1, -0.05) is 11.6 Å². The quantitative estimate of drug-likeness (QED) is 0.763. The minimum Gasteiger partial charge on any atom is -0.384 e. The van der Waals surface area contributed by atoms with Crippen molar-refractivity contribution < 1.29 is 0 Å². The highest BCUT2D eigenvalue weighted by atomic mass is 35.5. The van der Waals surface area contributed by atoms with Crippen LogP contribution in [0, 0.1) is 5.92 Å². The molecule has 20 heavy (non-hydrogen) atoms. The van der Waals surface area contributed by atoms with E-state index in [2.05, 4.69) is 15.6 Å². The number of benzene rings is 1. The summed E-state index contributed by atoms with van der Waals surface area (Å²) < 4.78 is 0. The van der Waals surface area contributed by atoms with Gasteiger partial charge in [0.15, 0.2) is 0 Å². The molecule has 1 aliphatic carbocycles. The summed E-state index contributed by atoms with van der Waals surface area (Å²) in [6, 6.07) is 7.86. The molecule has 1 saturated carbocycles. The molecule has 4 heteroatoms. The smallest absolute Gasteiger partial charge is 0.0737 e. The van der Waals surface area contributed by atoms with Crippen LogP contribution in [0.3, 0.4) is 0 Å². The molecule has 0 bridgehead atoms. The third kappa shape index (κ3) is 3.62. The summed E-state index contributed by atoms with van der Waals surface area (Å²) in [6.07, 6.45) is 5.78. The lowest BCUT2D eigenvalue weighted by atomic mass is 10.2. The second kappa shape index (κ2) is 6.42. The van der Waals surface area contributed by atoms with Crippen LogP contribution in [0.15, 0.2) is 30.5 Å². The molecule has 1 aromatic heterocycles. The van der Waals surface area contributed by atoms with E-state index < -0.39 is 0 Å². The Morgan fingerprint density at radius 2 is 2.10 bits per heavy atom. The number of rotatable bonds is 7. The van der Waals surface area contributed by atoms with Crippen LogP contribution in [0.25, 0.3) is 10.9 Å². The zero-order valence-corrected chi connectivity index (χ0v) is 12.3. The Balaban J connectivity index is 1.51. The van der Waals surface area contributed by atoms with Crippen molar-refractivity contribution in [3.05, 3.63) is 35.5 Å². The van der Waals surface area contributed by atoms with E-state index >= 15 is 0 Å². The molecule has 2 aromatic rings. The van der Waals surface area contributed by atoms with E-state index in [0.717, 1.165) is 47.0 Å². The van der Waals surface area contributed by atoms with Crippen LogP contribution in [-0.4, -0.2) is 24.6 Å². The van der Waals surface area contributed by atoms with E-state index in [1.165, 1.54) is 19.4 Å².